The Bertz CT molecular complexity index is 556. The summed E-state index contributed by atoms with van der Waals surface area (Å²) in [5, 5.41) is 0. The standard InChI is InChI=1S/C18H21/c1-13-9-10-17(14(2)11-13)15-7-6-8-16(12-15)18(3,4)5/h6-7,9-12H,1-5H3. The summed E-state index contributed by atoms with van der Waals surface area (Å²) < 4.78 is 0. The van der Waals surface area contributed by atoms with Crippen LogP contribution in [0.2, 0.25) is 0 Å². The van der Waals surface area contributed by atoms with Crippen molar-refractivity contribution >= 4 is 0 Å². The summed E-state index contributed by atoms with van der Waals surface area (Å²) in [7, 11) is 0. The fraction of sp³-hybridized carbons (Fsp3) is 0.333. The van der Waals surface area contributed by atoms with Crippen molar-refractivity contribution < 1.29 is 0 Å². The number of rotatable bonds is 1. The topological polar surface area (TPSA) is 0 Å². The van der Waals surface area contributed by atoms with Crippen LogP contribution in [0.25, 0.3) is 11.1 Å². The van der Waals surface area contributed by atoms with Gasteiger partial charge in [-0.15, -0.1) is 0 Å². The Morgan fingerprint density at radius 1 is 0.944 bits per heavy atom. The molecule has 0 aliphatic carbocycles. The van der Waals surface area contributed by atoms with Crippen LogP contribution in [0.5, 0.6) is 0 Å². The number of aryl methyl sites for hydroxylation is 2. The molecule has 1 radical (unpaired) electrons. The van der Waals surface area contributed by atoms with Gasteiger partial charge in [0.25, 0.3) is 0 Å². The maximum Gasteiger partial charge on any atom is -0.0125 e. The zero-order valence-electron chi connectivity index (χ0n) is 12.0. The molecule has 18 heavy (non-hydrogen) atoms. The minimum absolute atomic E-state index is 0.147. The monoisotopic (exact) mass is 237 g/mol. The van der Waals surface area contributed by atoms with E-state index >= 15 is 0 Å². The molecule has 2 aromatic carbocycles. The van der Waals surface area contributed by atoms with E-state index in [1.165, 1.54) is 27.8 Å². The van der Waals surface area contributed by atoms with Gasteiger partial charge in [0.1, 0.15) is 0 Å². The molecule has 0 bridgehead atoms. The molecule has 0 heterocycles. The minimum atomic E-state index is 0.147. The van der Waals surface area contributed by atoms with Gasteiger partial charge in [-0.25, -0.2) is 0 Å². The molecule has 0 aromatic heterocycles. The first-order chi connectivity index (χ1) is 8.38. The first-order valence-electron chi connectivity index (χ1n) is 6.48. The van der Waals surface area contributed by atoms with Crippen LogP contribution in [0.4, 0.5) is 0 Å². The lowest BCUT2D eigenvalue weighted by atomic mass is 9.85. The lowest BCUT2D eigenvalue weighted by molar-refractivity contribution is 0.589. The molecule has 0 unspecified atom stereocenters. The van der Waals surface area contributed by atoms with Crippen LogP contribution in [0.3, 0.4) is 0 Å². The zero-order chi connectivity index (χ0) is 13.3. The average Bonchev–Trinajstić information content (AvgIpc) is 2.28. The van der Waals surface area contributed by atoms with Crippen molar-refractivity contribution in [2.24, 2.45) is 0 Å². The molecule has 2 aromatic rings. The second-order valence-corrected chi connectivity index (χ2v) is 6.06. The van der Waals surface area contributed by atoms with Crippen molar-refractivity contribution in [2.45, 2.75) is 40.0 Å². The third-order valence-electron chi connectivity index (χ3n) is 3.30. The summed E-state index contributed by atoms with van der Waals surface area (Å²) in [5.41, 5.74) is 6.67. The molecular formula is C18H21. The number of benzene rings is 2. The molecule has 93 valence electrons. The van der Waals surface area contributed by atoms with Gasteiger partial charge in [-0.1, -0.05) is 56.7 Å². The van der Waals surface area contributed by atoms with E-state index in [1.807, 2.05) is 6.07 Å². The highest BCUT2D eigenvalue weighted by Gasteiger charge is 2.14. The van der Waals surface area contributed by atoms with E-state index in [-0.39, 0.29) is 5.41 Å². The van der Waals surface area contributed by atoms with Gasteiger partial charge in [-0.05, 0) is 53.6 Å². The van der Waals surface area contributed by atoms with Crippen molar-refractivity contribution in [3.05, 3.63) is 59.2 Å². The van der Waals surface area contributed by atoms with Crippen LogP contribution < -0.4 is 0 Å². The lowest BCUT2D eigenvalue weighted by Crippen LogP contribution is -2.11. The van der Waals surface area contributed by atoms with Gasteiger partial charge in [-0.2, -0.15) is 0 Å². The average molecular weight is 237 g/mol. The van der Waals surface area contributed by atoms with Gasteiger partial charge in [0.2, 0.25) is 0 Å². The van der Waals surface area contributed by atoms with Gasteiger partial charge in [0.05, 0.1) is 0 Å². The van der Waals surface area contributed by atoms with Crippen LogP contribution in [0.1, 0.15) is 37.5 Å². The Morgan fingerprint density at radius 3 is 2.28 bits per heavy atom. The third-order valence-corrected chi connectivity index (χ3v) is 3.30. The SMILES string of the molecule is Cc1ccc(-c2cc[c]c(C(C)(C)C)c2)c(C)c1. The fourth-order valence-corrected chi connectivity index (χ4v) is 2.20. The molecule has 0 nitrogen and oxygen atoms in total. The van der Waals surface area contributed by atoms with Gasteiger partial charge >= 0.3 is 0 Å². The van der Waals surface area contributed by atoms with Gasteiger partial charge < -0.3 is 0 Å². The molecule has 0 spiro atoms. The quantitative estimate of drug-likeness (QED) is 0.649. The van der Waals surface area contributed by atoms with E-state index in [1.54, 1.807) is 0 Å². The molecule has 2 rings (SSSR count). The van der Waals surface area contributed by atoms with Crippen LogP contribution >= 0.6 is 0 Å². The van der Waals surface area contributed by atoms with Crippen molar-refractivity contribution in [3.8, 4) is 11.1 Å². The summed E-state index contributed by atoms with van der Waals surface area (Å²) >= 11 is 0. The van der Waals surface area contributed by atoms with E-state index < -0.39 is 0 Å². The summed E-state index contributed by atoms with van der Waals surface area (Å²) in [6.45, 7) is 11.0. The van der Waals surface area contributed by atoms with Crippen LogP contribution in [-0.4, -0.2) is 0 Å². The Balaban J connectivity index is 2.51. The van der Waals surface area contributed by atoms with Gasteiger partial charge in [-0.3, -0.25) is 0 Å². The molecule has 0 saturated carbocycles. The summed E-state index contributed by atoms with van der Waals surface area (Å²) in [5.74, 6) is 0. The summed E-state index contributed by atoms with van der Waals surface area (Å²) in [6, 6.07) is 16.4. The first-order valence-corrected chi connectivity index (χ1v) is 6.48. The predicted molar refractivity (Wildman–Crippen MR) is 78.9 cm³/mol. The van der Waals surface area contributed by atoms with E-state index in [2.05, 4.69) is 71.0 Å². The normalized spacial score (nSPS) is 11.6. The fourth-order valence-electron chi connectivity index (χ4n) is 2.20. The number of hydrogen-bond acceptors (Lipinski definition) is 0. The molecule has 0 amide bonds. The highest BCUT2D eigenvalue weighted by molar-refractivity contribution is 5.68. The predicted octanol–water partition coefficient (Wildman–Crippen LogP) is 5.07. The van der Waals surface area contributed by atoms with Gasteiger partial charge in [0.15, 0.2) is 0 Å². The third kappa shape index (κ3) is 2.64. The van der Waals surface area contributed by atoms with E-state index in [4.69, 9.17) is 0 Å². The van der Waals surface area contributed by atoms with Crippen LogP contribution in [0.15, 0.2) is 36.4 Å². The van der Waals surface area contributed by atoms with E-state index in [0.717, 1.165) is 0 Å². The highest BCUT2D eigenvalue weighted by atomic mass is 14.2. The molecule has 0 atom stereocenters. The molecule has 0 aliphatic rings. The second-order valence-electron chi connectivity index (χ2n) is 6.06. The molecular weight excluding hydrogens is 216 g/mol. The second kappa shape index (κ2) is 4.61. The maximum absolute atomic E-state index is 3.35. The summed E-state index contributed by atoms with van der Waals surface area (Å²) in [6.07, 6.45) is 0. The van der Waals surface area contributed by atoms with E-state index in [9.17, 15) is 0 Å². The number of hydrogen-bond donors (Lipinski definition) is 0. The molecule has 0 fully saturated rings. The first kappa shape index (κ1) is 12.9. The Kier molecular flexibility index (Phi) is 3.30. The highest BCUT2D eigenvalue weighted by Crippen LogP contribution is 2.29. The van der Waals surface area contributed by atoms with Crippen molar-refractivity contribution in [2.75, 3.05) is 0 Å². The van der Waals surface area contributed by atoms with Gasteiger partial charge in [0, 0.05) is 0 Å². The Morgan fingerprint density at radius 2 is 1.67 bits per heavy atom. The van der Waals surface area contributed by atoms with Crippen LogP contribution in [0, 0.1) is 19.9 Å². The van der Waals surface area contributed by atoms with Crippen LogP contribution in [-0.2, 0) is 5.41 Å². The largest absolute Gasteiger partial charge is 0.0587 e. The molecule has 0 saturated heterocycles. The lowest BCUT2D eigenvalue weighted by Gasteiger charge is -2.19. The summed E-state index contributed by atoms with van der Waals surface area (Å²) in [4.78, 5) is 0. The maximum atomic E-state index is 3.35. The minimum Gasteiger partial charge on any atom is -0.0587 e. The smallest absolute Gasteiger partial charge is 0.0125 e. The Hall–Kier alpha value is -1.56. The molecule has 0 heteroatoms. The molecule has 0 aliphatic heterocycles. The van der Waals surface area contributed by atoms with Crippen molar-refractivity contribution in [1.82, 2.24) is 0 Å². The van der Waals surface area contributed by atoms with Crippen molar-refractivity contribution in [1.29, 1.82) is 0 Å². The van der Waals surface area contributed by atoms with E-state index in [0.29, 0.717) is 0 Å². The van der Waals surface area contributed by atoms with Crippen molar-refractivity contribution in [3.63, 3.8) is 0 Å². The molecule has 0 N–H and O–H groups in total. The zero-order valence-corrected chi connectivity index (χ0v) is 12.0. The Labute approximate surface area is 111 Å².